The van der Waals surface area contributed by atoms with Crippen molar-refractivity contribution in [1.82, 2.24) is 5.43 Å². The average Bonchev–Trinajstić information content (AvgIpc) is 2.51. The molecule has 14 heavy (non-hydrogen) atoms. The van der Waals surface area contributed by atoms with Gasteiger partial charge in [0.2, 0.25) is 6.79 Å². The van der Waals surface area contributed by atoms with E-state index in [0.29, 0.717) is 13.3 Å². The Kier molecular flexibility index (Phi) is 5.64. The zero-order chi connectivity index (χ0) is 8.39. The molecule has 4 nitrogen and oxygen atoms in total. The summed E-state index contributed by atoms with van der Waals surface area (Å²) in [6, 6.07) is 5.75. The first kappa shape index (κ1) is 13.3. The van der Waals surface area contributed by atoms with Crippen molar-refractivity contribution < 1.29 is 9.47 Å². The van der Waals surface area contributed by atoms with Gasteiger partial charge in [-0.1, -0.05) is 6.07 Å². The van der Waals surface area contributed by atoms with Crippen molar-refractivity contribution in [3.8, 4) is 11.5 Å². The van der Waals surface area contributed by atoms with Crippen molar-refractivity contribution in [3.63, 3.8) is 0 Å². The van der Waals surface area contributed by atoms with Crippen LogP contribution in [-0.2, 0) is 6.54 Å². The van der Waals surface area contributed by atoms with Crippen molar-refractivity contribution in [1.29, 1.82) is 0 Å². The van der Waals surface area contributed by atoms with Crippen LogP contribution in [0, 0.1) is 0 Å². The van der Waals surface area contributed by atoms with E-state index in [-0.39, 0.29) is 24.8 Å². The molecule has 0 saturated carbocycles. The highest BCUT2D eigenvalue weighted by Crippen LogP contribution is 2.32. The molecule has 0 unspecified atom stereocenters. The summed E-state index contributed by atoms with van der Waals surface area (Å²) in [5, 5.41) is 0. The van der Waals surface area contributed by atoms with Gasteiger partial charge in [0.15, 0.2) is 11.5 Å². The Labute approximate surface area is 94.5 Å². The monoisotopic (exact) mass is 238 g/mol. The maximum atomic E-state index is 5.19. The van der Waals surface area contributed by atoms with E-state index < -0.39 is 0 Å². The largest absolute Gasteiger partial charge is 0.454 e. The van der Waals surface area contributed by atoms with Crippen LogP contribution >= 0.6 is 24.8 Å². The van der Waals surface area contributed by atoms with Gasteiger partial charge in [0.1, 0.15) is 0 Å². The van der Waals surface area contributed by atoms with Gasteiger partial charge in [0.25, 0.3) is 0 Å². The summed E-state index contributed by atoms with van der Waals surface area (Å²) in [5.74, 6) is 6.78. The van der Waals surface area contributed by atoms with Crippen LogP contribution in [0.1, 0.15) is 5.56 Å². The number of ether oxygens (including phenoxy) is 2. The van der Waals surface area contributed by atoms with Crippen molar-refractivity contribution >= 4 is 24.8 Å². The molecule has 2 rings (SSSR count). The van der Waals surface area contributed by atoms with Crippen LogP contribution < -0.4 is 20.7 Å². The Morgan fingerprint density at radius 1 is 1.21 bits per heavy atom. The van der Waals surface area contributed by atoms with Crippen LogP contribution in [0.4, 0.5) is 0 Å². The number of rotatable bonds is 2. The summed E-state index contributed by atoms with van der Waals surface area (Å²) in [6.07, 6.45) is 0. The molecule has 0 aromatic heterocycles. The zero-order valence-electron chi connectivity index (χ0n) is 7.36. The molecule has 0 radical (unpaired) electrons. The molecule has 0 aliphatic carbocycles. The molecular weight excluding hydrogens is 227 g/mol. The predicted molar refractivity (Wildman–Crippen MR) is 58.1 cm³/mol. The molecule has 3 N–H and O–H groups in total. The highest BCUT2D eigenvalue weighted by atomic mass is 35.5. The van der Waals surface area contributed by atoms with Gasteiger partial charge in [-0.15, -0.1) is 24.8 Å². The lowest BCUT2D eigenvalue weighted by molar-refractivity contribution is 0.174. The number of nitrogens with two attached hydrogens (primary N) is 1. The van der Waals surface area contributed by atoms with Crippen LogP contribution in [0.25, 0.3) is 0 Å². The minimum atomic E-state index is 0. The third-order valence-corrected chi connectivity index (χ3v) is 1.74. The van der Waals surface area contributed by atoms with E-state index in [1.165, 1.54) is 0 Å². The molecule has 0 saturated heterocycles. The van der Waals surface area contributed by atoms with Gasteiger partial charge in [0, 0.05) is 6.54 Å². The fourth-order valence-electron chi connectivity index (χ4n) is 1.17. The molecular formula is C8H12Cl2N2O2. The molecule has 0 fully saturated rings. The molecule has 1 aliphatic rings. The topological polar surface area (TPSA) is 56.5 Å². The summed E-state index contributed by atoms with van der Waals surface area (Å²) in [4.78, 5) is 0. The van der Waals surface area contributed by atoms with Gasteiger partial charge in [-0.3, -0.25) is 11.3 Å². The Morgan fingerprint density at radius 3 is 2.64 bits per heavy atom. The Balaban J connectivity index is 0.000000845. The van der Waals surface area contributed by atoms with Crippen LogP contribution in [0.15, 0.2) is 18.2 Å². The number of nitrogens with one attached hydrogen (secondary N) is 1. The summed E-state index contributed by atoms with van der Waals surface area (Å²) in [7, 11) is 0. The molecule has 0 spiro atoms. The van der Waals surface area contributed by atoms with Crippen LogP contribution in [0.5, 0.6) is 11.5 Å². The Bertz CT molecular complexity index is 297. The SMILES string of the molecule is Cl.Cl.NNCc1ccc2c(c1)OCO2. The van der Waals surface area contributed by atoms with Gasteiger partial charge in [-0.05, 0) is 17.7 Å². The maximum Gasteiger partial charge on any atom is 0.231 e. The van der Waals surface area contributed by atoms with E-state index >= 15 is 0 Å². The van der Waals surface area contributed by atoms with Crippen molar-refractivity contribution in [3.05, 3.63) is 23.8 Å². The average molecular weight is 239 g/mol. The Morgan fingerprint density at radius 2 is 1.93 bits per heavy atom. The number of halogens is 2. The summed E-state index contributed by atoms with van der Waals surface area (Å²) < 4.78 is 10.4. The van der Waals surface area contributed by atoms with E-state index in [2.05, 4.69) is 5.43 Å². The summed E-state index contributed by atoms with van der Waals surface area (Å²) >= 11 is 0. The minimum absolute atomic E-state index is 0. The standard InChI is InChI=1S/C8H10N2O2.2ClH/c9-10-4-6-1-2-7-8(3-6)12-5-11-7;;/h1-3,10H,4-5,9H2;2*1H. The smallest absolute Gasteiger partial charge is 0.231 e. The van der Waals surface area contributed by atoms with Crippen molar-refractivity contribution in [2.75, 3.05) is 6.79 Å². The number of fused-ring (bicyclic) bond motifs is 1. The fourth-order valence-corrected chi connectivity index (χ4v) is 1.17. The number of hydrazine groups is 1. The molecule has 0 atom stereocenters. The van der Waals surface area contributed by atoms with Crippen molar-refractivity contribution in [2.24, 2.45) is 5.84 Å². The highest BCUT2D eigenvalue weighted by molar-refractivity contribution is 5.85. The third-order valence-electron chi connectivity index (χ3n) is 1.74. The van der Waals surface area contributed by atoms with Gasteiger partial charge in [-0.2, -0.15) is 0 Å². The van der Waals surface area contributed by atoms with Gasteiger partial charge >= 0.3 is 0 Å². The van der Waals surface area contributed by atoms with Crippen LogP contribution in [0.3, 0.4) is 0 Å². The van der Waals surface area contributed by atoms with E-state index in [1.54, 1.807) is 0 Å². The molecule has 80 valence electrons. The lowest BCUT2D eigenvalue weighted by atomic mass is 10.2. The second-order valence-electron chi connectivity index (χ2n) is 2.57. The number of hydrogen-bond donors (Lipinski definition) is 2. The lowest BCUT2D eigenvalue weighted by Gasteiger charge is -2.00. The lowest BCUT2D eigenvalue weighted by Crippen LogP contribution is -2.20. The molecule has 1 aliphatic heterocycles. The first-order valence-electron chi connectivity index (χ1n) is 3.72. The fraction of sp³-hybridized carbons (Fsp3) is 0.250. The second kappa shape index (κ2) is 5.93. The van der Waals surface area contributed by atoms with Gasteiger partial charge in [0.05, 0.1) is 0 Å². The molecule has 1 aromatic carbocycles. The first-order chi connectivity index (χ1) is 5.90. The molecule has 0 bridgehead atoms. The van der Waals surface area contributed by atoms with E-state index in [4.69, 9.17) is 15.3 Å². The zero-order valence-corrected chi connectivity index (χ0v) is 8.99. The maximum absolute atomic E-state index is 5.19. The first-order valence-corrected chi connectivity index (χ1v) is 3.72. The quantitative estimate of drug-likeness (QED) is 0.601. The second-order valence-corrected chi connectivity index (χ2v) is 2.57. The predicted octanol–water partition coefficient (Wildman–Crippen LogP) is 1.22. The van der Waals surface area contributed by atoms with Crippen molar-refractivity contribution in [2.45, 2.75) is 6.54 Å². The number of benzene rings is 1. The third kappa shape index (κ3) is 2.65. The normalized spacial score (nSPS) is 11.5. The van der Waals surface area contributed by atoms with E-state index in [9.17, 15) is 0 Å². The number of hydrogen-bond acceptors (Lipinski definition) is 4. The van der Waals surface area contributed by atoms with Gasteiger partial charge in [-0.25, -0.2) is 0 Å². The van der Waals surface area contributed by atoms with Crippen LogP contribution in [-0.4, -0.2) is 6.79 Å². The summed E-state index contributed by atoms with van der Waals surface area (Å²) in [5.41, 5.74) is 3.66. The molecule has 1 heterocycles. The van der Waals surface area contributed by atoms with Gasteiger partial charge < -0.3 is 9.47 Å². The molecule has 6 heteroatoms. The molecule has 0 amide bonds. The Hall–Kier alpha value is -0.680. The van der Waals surface area contributed by atoms with Crippen LogP contribution in [0.2, 0.25) is 0 Å². The highest BCUT2D eigenvalue weighted by Gasteiger charge is 2.12. The summed E-state index contributed by atoms with van der Waals surface area (Å²) in [6.45, 7) is 0.950. The molecule has 1 aromatic rings. The van der Waals surface area contributed by atoms with E-state index in [1.807, 2.05) is 18.2 Å². The van der Waals surface area contributed by atoms with E-state index in [0.717, 1.165) is 17.1 Å². The minimum Gasteiger partial charge on any atom is -0.454 e.